The number of carbonyl (C=O) groups excluding carboxylic acids is 1. The highest BCUT2D eigenvalue weighted by Crippen LogP contribution is 2.26. The highest BCUT2D eigenvalue weighted by Gasteiger charge is 2.10. The number of nitrogens with one attached hydrogen (secondary N) is 2. The average Bonchev–Trinajstić information content (AvgIpc) is 2.74. The van der Waals surface area contributed by atoms with E-state index in [1.165, 1.54) is 6.20 Å². The molecule has 0 fully saturated rings. The minimum atomic E-state index is -0.276. The van der Waals surface area contributed by atoms with Crippen molar-refractivity contribution in [2.45, 2.75) is 6.61 Å². The molecule has 7 nitrogen and oxygen atoms in total. The first-order valence-corrected chi connectivity index (χ1v) is 10.2. The summed E-state index contributed by atoms with van der Waals surface area (Å²) < 4.78 is 6.74. The Morgan fingerprint density at radius 1 is 1.20 bits per heavy atom. The van der Waals surface area contributed by atoms with E-state index < -0.39 is 0 Å². The van der Waals surface area contributed by atoms with Gasteiger partial charge in [-0.05, 0) is 57.9 Å². The van der Waals surface area contributed by atoms with Gasteiger partial charge < -0.3 is 20.5 Å². The summed E-state index contributed by atoms with van der Waals surface area (Å²) in [5.74, 6) is 2.67. The SMILES string of the molecule is C#CCOc1nc(Nc2cc(CO)cc(NC(=O)c3cccc(Br)c3)c2)ncc1Br. The first-order chi connectivity index (χ1) is 14.5. The Hall–Kier alpha value is -2.93. The third kappa shape index (κ3) is 5.79. The zero-order valence-corrected chi connectivity index (χ0v) is 18.7. The Bertz CT molecular complexity index is 1120. The topological polar surface area (TPSA) is 96.4 Å². The number of aliphatic hydroxyl groups excluding tert-OH is 1. The van der Waals surface area contributed by atoms with E-state index in [4.69, 9.17) is 11.2 Å². The number of benzene rings is 2. The van der Waals surface area contributed by atoms with E-state index in [9.17, 15) is 9.90 Å². The van der Waals surface area contributed by atoms with E-state index in [0.717, 1.165) is 4.47 Å². The molecule has 0 bridgehead atoms. The quantitative estimate of drug-likeness (QED) is 0.388. The van der Waals surface area contributed by atoms with Crippen LogP contribution in [0.1, 0.15) is 15.9 Å². The van der Waals surface area contributed by atoms with Crippen molar-refractivity contribution in [1.82, 2.24) is 9.97 Å². The average molecular weight is 532 g/mol. The van der Waals surface area contributed by atoms with E-state index in [1.54, 1.807) is 36.4 Å². The van der Waals surface area contributed by atoms with E-state index in [-0.39, 0.29) is 25.1 Å². The van der Waals surface area contributed by atoms with E-state index >= 15 is 0 Å². The molecule has 3 N–H and O–H groups in total. The van der Waals surface area contributed by atoms with Gasteiger partial charge >= 0.3 is 0 Å². The third-order valence-electron chi connectivity index (χ3n) is 3.78. The molecule has 2 aromatic carbocycles. The molecule has 0 saturated heterocycles. The lowest BCUT2D eigenvalue weighted by atomic mass is 10.1. The van der Waals surface area contributed by atoms with Gasteiger partial charge in [0, 0.05) is 21.4 Å². The molecule has 0 aliphatic heterocycles. The van der Waals surface area contributed by atoms with Gasteiger partial charge in [0.1, 0.15) is 0 Å². The maximum atomic E-state index is 12.5. The zero-order chi connectivity index (χ0) is 21.5. The number of anilines is 3. The first kappa shape index (κ1) is 21.8. The van der Waals surface area contributed by atoms with Crippen LogP contribution in [-0.2, 0) is 6.61 Å². The number of nitrogens with zero attached hydrogens (tertiary/aromatic N) is 2. The molecule has 0 saturated carbocycles. The summed E-state index contributed by atoms with van der Waals surface area (Å²) in [4.78, 5) is 21.0. The molecular formula is C21H16Br2N4O3. The largest absolute Gasteiger partial charge is 0.464 e. The summed E-state index contributed by atoms with van der Waals surface area (Å²) in [5, 5.41) is 15.5. The number of rotatable bonds is 7. The summed E-state index contributed by atoms with van der Waals surface area (Å²) >= 11 is 6.66. The number of hydrogen-bond acceptors (Lipinski definition) is 6. The van der Waals surface area contributed by atoms with Crippen LogP contribution in [0.5, 0.6) is 5.88 Å². The third-order valence-corrected chi connectivity index (χ3v) is 4.82. The van der Waals surface area contributed by atoms with Crippen molar-refractivity contribution in [2.75, 3.05) is 17.2 Å². The number of amides is 1. The Balaban J connectivity index is 1.83. The van der Waals surface area contributed by atoms with E-state index in [0.29, 0.717) is 32.9 Å². The monoisotopic (exact) mass is 530 g/mol. The van der Waals surface area contributed by atoms with Gasteiger partial charge in [0.15, 0.2) is 6.61 Å². The second-order valence-corrected chi connectivity index (χ2v) is 7.78. The van der Waals surface area contributed by atoms with Gasteiger partial charge in [-0.2, -0.15) is 4.98 Å². The second-order valence-electron chi connectivity index (χ2n) is 6.01. The number of terminal acetylenes is 1. The molecule has 30 heavy (non-hydrogen) atoms. The minimum absolute atomic E-state index is 0.0703. The lowest BCUT2D eigenvalue weighted by molar-refractivity contribution is 0.102. The Labute approximate surface area is 190 Å². The van der Waals surface area contributed by atoms with Crippen LogP contribution < -0.4 is 15.4 Å². The molecule has 9 heteroatoms. The highest BCUT2D eigenvalue weighted by molar-refractivity contribution is 9.10. The first-order valence-electron chi connectivity index (χ1n) is 8.66. The van der Waals surface area contributed by atoms with Crippen LogP contribution in [0.4, 0.5) is 17.3 Å². The number of hydrogen-bond donors (Lipinski definition) is 3. The Morgan fingerprint density at radius 2 is 2.00 bits per heavy atom. The number of ether oxygens (including phenoxy) is 1. The van der Waals surface area contributed by atoms with Gasteiger partial charge in [-0.3, -0.25) is 4.79 Å². The molecule has 0 aliphatic carbocycles. The fourth-order valence-electron chi connectivity index (χ4n) is 2.51. The maximum absolute atomic E-state index is 12.5. The number of aliphatic hydroxyl groups is 1. The molecule has 152 valence electrons. The molecule has 1 heterocycles. The van der Waals surface area contributed by atoms with Gasteiger partial charge in [0.25, 0.3) is 5.91 Å². The summed E-state index contributed by atoms with van der Waals surface area (Å²) in [6, 6.07) is 12.2. The number of carbonyl (C=O) groups is 1. The molecule has 0 spiro atoms. The summed E-state index contributed by atoms with van der Waals surface area (Å²) in [5.41, 5.74) is 2.19. The van der Waals surface area contributed by atoms with Crippen molar-refractivity contribution < 1.29 is 14.6 Å². The van der Waals surface area contributed by atoms with Crippen molar-refractivity contribution in [1.29, 1.82) is 0 Å². The lowest BCUT2D eigenvalue weighted by Gasteiger charge is -2.12. The minimum Gasteiger partial charge on any atom is -0.464 e. The van der Waals surface area contributed by atoms with Crippen molar-refractivity contribution in [3.05, 3.63) is 68.7 Å². The maximum Gasteiger partial charge on any atom is 0.255 e. The summed E-state index contributed by atoms with van der Waals surface area (Å²) in [6.45, 7) is -0.131. The molecule has 0 atom stereocenters. The van der Waals surface area contributed by atoms with Gasteiger partial charge in [-0.25, -0.2) is 4.98 Å². The number of halogens is 2. The van der Waals surface area contributed by atoms with Gasteiger partial charge in [0.2, 0.25) is 11.8 Å². The molecule has 0 unspecified atom stereocenters. The van der Waals surface area contributed by atoms with Gasteiger partial charge in [-0.15, -0.1) is 6.42 Å². The van der Waals surface area contributed by atoms with E-state index in [1.807, 2.05) is 6.07 Å². The van der Waals surface area contributed by atoms with Crippen molar-refractivity contribution in [2.24, 2.45) is 0 Å². The fraction of sp³-hybridized carbons (Fsp3) is 0.0952. The zero-order valence-electron chi connectivity index (χ0n) is 15.5. The van der Waals surface area contributed by atoms with Crippen LogP contribution in [0.2, 0.25) is 0 Å². The predicted octanol–water partition coefficient (Wildman–Crippen LogP) is 4.50. The normalized spacial score (nSPS) is 10.2. The van der Waals surface area contributed by atoms with Crippen LogP contribution in [-0.4, -0.2) is 27.6 Å². The molecule has 0 aliphatic rings. The van der Waals surface area contributed by atoms with Crippen molar-refractivity contribution in [3.8, 4) is 18.2 Å². The van der Waals surface area contributed by atoms with Crippen molar-refractivity contribution in [3.63, 3.8) is 0 Å². The fourth-order valence-corrected chi connectivity index (χ4v) is 3.22. The Morgan fingerprint density at radius 3 is 2.73 bits per heavy atom. The molecule has 1 amide bonds. The predicted molar refractivity (Wildman–Crippen MR) is 122 cm³/mol. The molecule has 3 aromatic rings. The van der Waals surface area contributed by atoms with Crippen LogP contribution >= 0.6 is 31.9 Å². The molecule has 0 radical (unpaired) electrons. The standard InChI is InChI=1S/C21H16Br2N4O3/c1-2-6-30-20-18(23)11-24-21(27-20)26-17-8-13(12-28)7-16(10-17)25-19(29)14-4-3-5-15(22)9-14/h1,3-5,7-11,28H,6,12H2,(H,25,29)(H,24,26,27). The van der Waals surface area contributed by atoms with Crippen LogP contribution in [0.25, 0.3) is 0 Å². The lowest BCUT2D eigenvalue weighted by Crippen LogP contribution is -2.12. The number of aromatic nitrogens is 2. The van der Waals surface area contributed by atoms with E-state index in [2.05, 4.69) is 58.4 Å². The van der Waals surface area contributed by atoms with Crippen LogP contribution in [0.3, 0.4) is 0 Å². The molecule has 1 aromatic heterocycles. The molecular weight excluding hydrogens is 516 g/mol. The second kappa shape index (κ2) is 10.2. The summed E-state index contributed by atoms with van der Waals surface area (Å²) in [6.07, 6.45) is 6.75. The smallest absolute Gasteiger partial charge is 0.255 e. The van der Waals surface area contributed by atoms with Crippen LogP contribution in [0.15, 0.2) is 57.6 Å². The van der Waals surface area contributed by atoms with Gasteiger partial charge in [-0.1, -0.05) is 27.9 Å². The Kier molecular flexibility index (Phi) is 7.41. The van der Waals surface area contributed by atoms with Crippen molar-refractivity contribution >= 4 is 55.1 Å². The molecule has 3 rings (SSSR count). The highest BCUT2D eigenvalue weighted by atomic mass is 79.9. The summed E-state index contributed by atoms with van der Waals surface area (Å²) in [7, 11) is 0. The van der Waals surface area contributed by atoms with Gasteiger partial charge in [0.05, 0.1) is 17.3 Å². The van der Waals surface area contributed by atoms with Crippen LogP contribution in [0, 0.1) is 12.3 Å².